The van der Waals surface area contributed by atoms with E-state index in [1.54, 1.807) is 6.07 Å². The van der Waals surface area contributed by atoms with E-state index in [2.05, 4.69) is 12.3 Å². The average molecular weight is 276 g/mol. The Kier molecular flexibility index (Phi) is 3.52. The van der Waals surface area contributed by atoms with Crippen LogP contribution in [-0.4, -0.2) is 0 Å². The lowest BCUT2D eigenvalue weighted by Crippen LogP contribution is -2.39. The van der Waals surface area contributed by atoms with Crippen molar-refractivity contribution in [3.63, 3.8) is 0 Å². The average Bonchev–Trinajstić information content (AvgIpc) is 3.06. The number of rotatable bonds is 4. The number of nitrogens with one attached hydrogen (secondary N) is 1. The molecule has 0 spiro atoms. The summed E-state index contributed by atoms with van der Waals surface area (Å²) >= 11 is 0. The van der Waals surface area contributed by atoms with Crippen LogP contribution in [-0.2, 0) is 0 Å². The van der Waals surface area contributed by atoms with Gasteiger partial charge in [0.1, 0.15) is 17.2 Å². The zero-order chi connectivity index (χ0) is 14.2. The molecule has 1 aromatic heterocycles. The molecule has 0 radical (unpaired) electrons. The molecule has 1 aromatic carbocycles. The van der Waals surface area contributed by atoms with Crippen molar-refractivity contribution in [1.29, 1.82) is 0 Å². The first-order chi connectivity index (χ1) is 9.68. The van der Waals surface area contributed by atoms with Crippen LogP contribution in [0, 0.1) is 11.2 Å². The molecule has 3 rings (SSSR count). The molecule has 4 heteroatoms. The van der Waals surface area contributed by atoms with Crippen molar-refractivity contribution >= 4 is 11.0 Å². The maximum absolute atomic E-state index is 13.3. The third-order valence-corrected chi connectivity index (χ3v) is 4.86. The topological polar surface area (TPSA) is 51.2 Å². The zero-order valence-corrected chi connectivity index (χ0v) is 11.8. The first-order valence-electron chi connectivity index (χ1n) is 7.34. The second-order valence-corrected chi connectivity index (χ2v) is 5.85. The van der Waals surface area contributed by atoms with Crippen LogP contribution < -0.4 is 11.3 Å². The molecule has 2 aromatic rings. The molecule has 1 unspecified atom stereocenters. The van der Waals surface area contributed by atoms with Crippen LogP contribution in [0.5, 0.6) is 0 Å². The largest absolute Gasteiger partial charge is 0.459 e. The number of nitrogens with two attached hydrogens (primary N) is 1. The first-order valence-corrected chi connectivity index (χ1v) is 7.34. The molecule has 3 N–H and O–H groups in total. The van der Waals surface area contributed by atoms with Crippen molar-refractivity contribution < 1.29 is 8.81 Å². The summed E-state index contributed by atoms with van der Waals surface area (Å²) in [6.07, 6.45) is 5.85. The zero-order valence-electron chi connectivity index (χ0n) is 11.8. The van der Waals surface area contributed by atoms with E-state index in [0.29, 0.717) is 5.58 Å². The Hall–Kier alpha value is -1.39. The van der Waals surface area contributed by atoms with Crippen LogP contribution in [0.3, 0.4) is 0 Å². The second kappa shape index (κ2) is 5.19. The fourth-order valence-electron chi connectivity index (χ4n) is 3.66. The molecule has 108 valence electrons. The Morgan fingerprint density at radius 3 is 2.75 bits per heavy atom. The minimum Gasteiger partial charge on any atom is -0.459 e. The number of hydrazine groups is 1. The van der Waals surface area contributed by atoms with Gasteiger partial charge in [-0.3, -0.25) is 5.84 Å². The Balaban J connectivity index is 2.02. The number of benzene rings is 1. The molecule has 1 atom stereocenters. The van der Waals surface area contributed by atoms with Crippen molar-refractivity contribution in [2.75, 3.05) is 0 Å². The monoisotopic (exact) mass is 276 g/mol. The van der Waals surface area contributed by atoms with Crippen molar-refractivity contribution in [1.82, 2.24) is 5.43 Å². The van der Waals surface area contributed by atoms with Gasteiger partial charge in [0.15, 0.2) is 0 Å². The van der Waals surface area contributed by atoms with E-state index in [9.17, 15) is 4.39 Å². The van der Waals surface area contributed by atoms with Crippen LogP contribution in [0.25, 0.3) is 11.0 Å². The molecule has 1 fully saturated rings. The van der Waals surface area contributed by atoms with Gasteiger partial charge < -0.3 is 4.42 Å². The normalized spacial score (nSPS) is 19.6. The van der Waals surface area contributed by atoms with Crippen LogP contribution >= 0.6 is 0 Å². The third-order valence-electron chi connectivity index (χ3n) is 4.86. The van der Waals surface area contributed by atoms with Crippen LogP contribution in [0.1, 0.15) is 50.8 Å². The van der Waals surface area contributed by atoms with Gasteiger partial charge in [0.2, 0.25) is 0 Å². The summed E-state index contributed by atoms with van der Waals surface area (Å²) in [6.45, 7) is 2.21. The lowest BCUT2D eigenvalue weighted by atomic mass is 9.75. The van der Waals surface area contributed by atoms with E-state index < -0.39 is 0 Å². The highest BCUT2D eigenvalue weighted by atomic mass is 19.1. The van der Waals surface area contributed by atoms with Gasteiger partial charge in [-0.05, 0) is 48.9 Å². The van der Waals surface area contributed by atoms with Gasteiger partial charge in [-0.1, -0.05) is 19.8 Å². The maximum atomic E-state index is 13.3. The van der Waals surface area contributed by atoms with Crippen molar-refractivity contribution in [3.05, 3.63) is 35.8 Å². The van der Waals surface area contributed by atoms with Crippen molar-refractivity contribution in [2.45, 2.75) is 45.1 Å². The van der Waals surface area contributed by atoms with Crippen LogP contribution in [0.2, 0.25) is 0 Å². The number of hydrogen-bond acceptors (Lipinski definition) is 3. The molecule has 0 aliphatic heterocycles. The Morgan fingerprint density at radius 1 is 1.35 bits per heavy atom. The predicted octanol–water partition coefficient (Wildman–Crippen LogP) is 4.05. The van der Waals surface area contributed by atoms with Crippen molar-refractivity contribution in [2.24, 2.45) is 11.3 Å². The number of hydrogen-bond donors (Lipinski definition) is 2. The quantitative estimate of drug-likeness (QED) is 0.654. The highest BCUT2D eigenvalue weighted by molar-refractivity contribution is 5.78. The molecule has 1 aliphatic rings. The smallest absolute Gasteiger partial charge is 0.134 e. The van der Waals surface area contributed by atoms with Gasteiger partial charge in [-0.25, -0.2) is 9.82 Å². The molecular formula is C16H21FN2O. The standard InChI is InChI=1S/C16H21FN2O/c1-2-16(7-3-4-8-16)15(19-18)14-10-11-9-12(17)5-6-13(11)20-14/h5-6,9-10,15,19H,2-4,7-8,18H2,1H3. The van der Waals surface area contributed by atoms with Gasteiger partial charge in [0.25, 0.3) is 0 Å². The van der Waals surface area contributed by atoms with Crippen molar-refractivity contribution in [3.8, 4) is 0 Å². The molecule has 0 bridgehead atoms. The fraction of sp³-hybridized carbons (Fsp3) is 0.500. The summed E-state index contributed by atoms with van der Waals surface area (Å²) in [5, 5.41) is 0.796. The van der Waals surface area contributed by atoms with Gasteiger partial charge >= 0.3 is 0 Å². The SMILES string of the molecule is CCC1(C(NN)c2cc3cc(F)ccc3o2)CCCC1. The van der Waals surface area contributed by atoms with Gasteiger partial charge in [0, 0.05) is 5.39 Å². The van der Waals surface area contributed by atoms with Crippen LogP contribution in [0.15, 0.2) is 28.7 Å². The third kappa shape index (κ3) is 2.13. The number of halogens is 1. The Morgan fingerprint density at radius 2 is 2.10 bits per heavy atom. The molecule has 3 nitrogen and oxygen atoms in total. The minimum atomic E-state index is -0.242. The summed E-state index contributed by atoms with van der Waals surface area (Å²) in [5.74, 6) is 6.39. The fourth-order valence-corrected chi connectivity index (χ4v) is 3.66. The first kappa shape index (κ1) is 13.6. The summed E-state index contributed by atoms with van der Waals surface area (Å²) in [4.78, 5) is 0. The number of furan rings is 1. The van der Waals surface area contributed by atoms with E-state index in [1.165, 1.54) is 25.0 Å². The summed E-state index contributed by atoms with van der Waals surface area (Å²) in [7, 11) is 0. The van der Waals surface area contributed by atoms with Gasteiger partial charge in [-0.2, -0.15) is 0 Å². The predicted molar refractivity (Wildman–Crippen MR) is 77.4 cm³/mol. The van der Waals surface area contributed by atoms with Gasteiger partial charge in [-0.15, -0.1) is 0 Å². The minimum absolute atomic E-state index is 0.00883. The highest BCUT2D eigenvalue weighted by Gasteiger charge is 2.41. The second-order valence-electron chi connectivity index (χ2n) is 5.85. The van der Waals surface area contributed by atoms with E-state index in [4.69, 9.17) is 10.3 Å². The van der Waals surface area contributed by atoms with E-state index in [0.717, 1.165) is 30.4 Å². The summed E-state index contributed by atoms with van der Waals surface area (Å²) in [5.41, 5.74) is 3.81. The number of fused-ring (bicyclic) bond motifs is 1. The lowest BCUT2D eigenvalue weighted by molar-refractivity contribution is 0.168. The Bertz CT molecular complexity index is 602. The van der Waals surface area contributed by atoms with E-state index >= 15 is 0 Å². The lowest BCUT2D eigenvalue weighted by Gasteiger charge is -2.35. The molecule has 1 heterocycles. The van der Waals surface area contributed by atoms with E-state index in [-0.39, 0.29) is 17.3 Å². The Labute approximate surface area is 118 Å². The van der Waals surface area contributed by atoms with Crippen LogP contribution in [0.4, 0.5) is 4.39 Å². The highest BCUT2D eigenvalue weighted by Crippen LogP contribution is 2.50. The molecular weight excluding hydrogens is 255 g/mol. The maximum Gasteiger partial charge on any atom is 0.134 e. The summed E-state index contributed by atoms with van der Waals surface area (Å²) in [6, 6.07) is 6.51. The van der Waals surface area contributed by atoms with Gasteiger partial charge in [0.05, 0.1) is 6.04 Å². The molecule has 1 aliphatic carbocycles. The summed E-state index contributed by atoms with van der Waals surface area (Å²) < 4.78 is 19.2. The van der Waals surface area contributed by atoms with E-state index in [1.807, 2.05) is 6.07 Å². The molecule has 0 saturated heterocycles. The molecule has 20 heavy (non-hydrogen) atoms. The molecule has 1 saturated carbocycles. The molecule has 0 amide bonds.